The van der Waals surface area contributed by atoms with Gasteiger partial charge in [-0.3, -0.25) is 0 Å². The molecule has 0 unspecified atom stereocenters. The summed E-state index contributed by atoms with van der Waals surface area (Å²) in [5.74, 6) is 2.06. The van der Waals surface area contributed by atoms with Crippen molar-refractivity contribution in [2.75, 3.05) is 39.6 Å². The van der Waals surface area contributed by atoms with Gasteiger partial charge >= 0.3 is 5.97 Å². The fraction of sp³-hybridized carbons (Fsp3) is 0.444. The molecule has 3 aromatic rings. The van der Waals surface area contributed by atoms with Crippen molar-refractivity contribution < 1.29 is 33.3 Å². The van der Waals surface area contributed by atoms with E-state index >= 15 is 0 Å². The molecule has 2 bridgehead atoms. The van der Waals surface area contributed by atoms with E-state index in [9.17, 15) is 9.90 Å². The Morgan fingerprint density at radius 1 is 1.06 bits per heavy atom. The fourth-order valence-electron chi connectivity index (χ4n) is 5.74. The van der Waals surface area contributed by atoms with Gasteiger partial charge in [-0.15, -0.1) is 22.7 Å². The van der Waals surface area contributed by atoms with Gasteiger partial charge in [-0.25, -0.2) is 4.79 Å². The van der Waals surface area contributed by atoms with Gasteiger partial charge in [-0.05, 0) is 35.0 Å². The largest absolute Gasteiger partial charge is 0.493 e. The number of carbonyl (C=O) groups is 1. The second-order valence-electron chi connectivity index (χ2n) is 9.86. The molecular formula is C27H30NO6S2+. The summed E-state index contributed by atoms with van der Waals surface area (Å²) in [4.78, 5) is 14.7. The number of thiophene rings is 2. The van der Waals surface area contributed by atoms with Gasteiger partial charge in [-0.1, -0.05) is 12.1 Å². The molecule has 0 amide bonds. The normalized spacial score (nSPS) is 24.6. The van der Waals surface area contributed by atoms with E-state index in [2.05, 4.69) is 0 Å². The van der Waals surface area contributed by atoms with E-state index in [1.807, 2.05) is 41.1 Å². The Bertz CT molecular complexity index is 1150. The summed E-state index contributed by atoms with van der Waals surface area (Å²) in [7, 11) is 0. The molecule has 4 aliphatic heterocycles. The van der Waals surface area contributed by atoms with Crippen LogP contribution in [0.15, 0.2) is 53.2 Å². The van der Waals surface area contributed by atoms with Gasteiger partial charge in [-0.2, -0.15) is 0 Å². The number of ether oxygens (including phenoxy) is 4. The number of piperidine rings is 3. The number of carbonyl (C=O) groups excluding carboxylic acids is 1. The van der Waals surface area contributed by atoms with Crippen LogP contribution in [-0.4, -0.2) is 61.2 Å². The van der Waals surface area contributed by atoms with Crippen LogP contribution in [-0.2, 0) is 15.1 Å². The van der Waals surface area contributed by atoms with E-state index < -0.39 is 11.6 Å². The van der Waals surface area contributed by atoms with Crippen LogP contribution in [0.5, 0.6) is 17.2 Å². The summed E-state index contributed by atoms with van der Waals surface area (Å²) in [6.45, 7) is 4.84. The van der Waals surface area contributed by atoms with Crippen LogP contribution >= 0.6 is 22.7 Å². The number of rotatable bonds is 9. The number of nitrogens with zero attached hydrogens (tertiary/aromatic N) is 1. The quantitative estimate of drug-likeness (QED) is 0.252. The van der Waals surface area contributed by atoms with Gasteiger partial charge < -0.3 is 28.5 Å². The zero-order valence-corrected chi connectivity index (χ0v) is 21.6. The SMILES string of the molecule is O=C(O[C@H]1C[N+]2(CCCOc3ccc4c(c3)OCO4)CCC1CC2)C(O)(c1cccs1)c1cccs1. The van der Waals surface area contributed by atoms with Crippen LogP contribution in [0.2, 0.25) is 0 Å². The standard InChI is InChI=1S/C27H30NO6S2/c29-26(27(30,24-4-1-14-35-24)25-5-2-15-36-25)34-23-17-28(11-8-19(23)9-12-28)10-3-13-31-20-6-7-21-22(16-20)33-18-32-21/h1-2,4-7,14-16,19,23,30H,3,8-13,17-18H2/q+1/t19?,23-,28?/m0/s1. The van der Waals surface area contributed by atoms with E-state index in [1.54, 1.807) is 12.1 Å². The predicted octanol–water partition coefficient (Wildman–Crippen LogP) is 4.40. The van der Waals surface area contributed by atoms with E-state index in [-0.39, 0.29) is 12.9 Å². The summed E-state index contributed by atoms with van der Waals surface area (Å²) in [5.41, 5.74) is -1.75. The van der Waals surface area contributed by atoms with E-state index in [1.165, 1.54) is 22.7 Å². The molecule has 0 radical (unpaired) electrons. The molecular weight excluding hydrogens is 498 g/mol. The predicted molar refractivity (Wildman–Crippen MR) is 137 cm³/mol. The molecule has 0 saturated carbocycles. The lowest BCUT2D eigenvalue weighted by atomic mass is 9.83. The average Bonchev–Trinajstić information content (AvgIpc) is 3.69. The Morgan fingerprint density at radius 3 is 2.47 bits per heavy atom. The number of esters is 1. The second kappa shape index (κ2) is 9.70. The van der Waals surface area contributed by atoms with Crippen molar-refractivity contribution >= 4 is 28.6 Å². The molecule has 1 N–H and O–H groups in total. The van der Waals surface area contributed by atoms with Gasteiger partial charge in [0.25, 0.3) is 0 Å². The number of hydrogen-bond donors (Lipinski definition) is 1. The molecule has 190 valence electrons. The molecule has 6 heterocycles. The zero-order valence-electron chi connectivity index (χ0n) is 20.0. The summed E-state index contributed by atoms with van der Waals surface area (Å²) in [6, 6.07) is 13.0. The Kier molecular flexibility index (Phi) is 6.41. The van der Waals surface area contributed by atoms with Gasteiger partial charge in [0.15, 0.2) is 17.6 Å². The van der Waals surface area contributed by atoms with Crippen molar-refractivity contribution in [3.05, 3.63) is 63.0 Å². The first-order valence-corrected chi connectivity index (χ1v) is 14.2. The second-order valence-corrected chi connectivity index (χ2v) is 11.8. The first-order valence-electron chi connectivity index (χ1n) is 12.4. The topological polar surface area (TPSA) is 74.2 Å². The van der Waals surface area contributed by atoms with Crippen LogP contribution in [0.3, 0.4) is 0 Å². The van der Waals surface area contributed by atoms with E-state index in [0.717, 1.165) is 67.2 Å². The van der Waals surface area contributed by atoms with Crippen LogP contribution in [0.25, 0.3) is 0 Å². The Balaban J connectivity index is 1.08. The number of quaternary nitrogens is 1. The van der Waals surface area contributed by atoms with Crippen molar-refractivity contribution in [3.8, 4) is 17.2 Å². The first-order chi connectivity index (χ1) is 17.6. The van der Waals surface area contributed by atoms with Crippen molar-refractivity contribution in [1.82, 2.24) is 0 Å². The molecule has 7 rings (SSSR count). The molecule has 7 nitrogen and oxygen atoms in total. The molecule has 2 aromatic heterocycles. The van der Waals surface area contributed by atoms with Crippen molar-refractivity contribution in [2.45, 2.75) is 31.0 Å². The average molecular weight is 529 g/mol. The molecule has 0 aliphatic carbocycles. The Labute approximate surface area is 218 Å². The lowest BCUT2D eigenvalue weighted by molar-refractivity contribution is -0.946. The third-order valence-corrected chi connectivity index (χ3v) is 9.70. The highest BCUT2D eigenvalue weighted by Gasteiger charge is 2.51. The van der Waals surface area contributed by atoms with Crippen molar-refractivity contribution in [3.63, 3.8) is 0 Å². The summed E-state index contributed by atoms with van der Waals surface area (Å²) in [6.07, 6.45) is 2.81. The summed E-state index contributed by atoms with van der Waals surface area (Å²) in [5, 5.41) is 15.4. The number of benzene rings is 1. The van der Waals surface area contributed by atoms with Crippen LogP contribution in [0.4, 0.5) is 0 Å². The molecule has 3 saturated heterocycles. The summed E-state index contributed by atoms with van der Waals surface area (Å²) < 4.78 is 23.8. The van der Waals surface area contributed by atoms with Crippen molar-refractivity contribution in [2.24, 2.45) is 5.92 Å². The zero-order chi connectivity index (χ0) is 24.6. The minimum absolute atomic E-state index is 0.179. The maximum absolute atomic E-state index is 13.5. The molecule has 4 aliphatic rings. The third kappa shape index (κ3) is 4.38. The molecule has 3 fully saturated rings. The van der Waals surface area contributed by atoms with E-state index in [4.69, 9.17) is 18.9 Å². The minimum atomic E-state index is -1.75. The molecule has 36 heavy (non-hydrogen) atoms. The lowest BCUT2D eigenvalue weighted by Crippen LogP contribution is -2.65. The van der Waals surface area contributed by atoms with Gasteiger partial charge in [0, 0.05) is 31.2 Å². The first kappa shape index (κ1) is 23.8. The van der Waals surface area contributed by atoms with Gasteiger partial charge in [0.2, 0.25) is 12.4 Å². The van der Waals surface area contributed by atoms with E-state index in [0.29, 0.717) is 22.3 Å². The molecule has 9 heteroatoms. The fourth-order valence-corrected chi connectivity index (χ4v) is 7.45. The van der Waals surface area contributed by atoms with Crippen LogP contribution < -0.4 is 14.2 Å². The van der Waals surface area contributed by atoms with Crippen LogP contribution in [0.1, 0.15) is 29.0 Å². The number of hydrogen-bond acceptors (Lipinski definition) is 8. The van der Waals surface area contributed by atoms with Gasteiger partial charge in [0.1, 0.15) is 12.3 Å². The lowest BCUT2D eigenvalue weighted by Gasteiger charge is -2.52. The molecule has 1 atom stereocenters. The highest BCUT2D eigenvalue weighted by molar-refractivity contribution is 7.12. The maximum Gasteiger partial charge on any atom is 0.349 e. The Hall–Kier alpha value is -2.59. The van der Waals surface area contributed by atoms with Gasteiger partial charge in [0.05, 0.1) is 36.0 Å². The highest BCUT2D eigenvalue weighted by atomic mass is 32.1. The monoisotopic (exact) mass is 528 g/mol. The maximum atomic E-state index is 13.5. The third-order valence-electron chi connectivity index (χ3n) is 7.74. The molecule has 0 spiro atoms. The van der Waals surface area contributed by atoms with Crippen LogP contribution in [0, 0.1) is 5.92 Å². The minimum Gasteiger partial charge on any atom is -0.493 e. The molecule has 1 aromatic carbocycles. The summed E-state index contributed by atoms with van der Waals surface area (Å²) >= 11 is 2.75. The highest BCUT2D eigenvalue weighted by Crippen LogP contribution is 2.41. The number of aliphatic hydroxyl groups is 1. The Morgan fingerprint density at radius 2 is 1.78 bits per heavy atom. The number of fused-ring (bicyclic) bond motifs is 4. The van der Waals surface area contributed by atoms with Crippen molar-refractivity contribution in [1.29, 1.82) is 0 Å². The smallest absolute Gasteiger partial charge is 0.349 e.